The van der Waals surface area contributed by atoms with E-state index in [-0.39, 0.29) is 0 Å². The molecule has 6 heteroatoms. The van der Waals surface area contributed by atoms with Crippen molar-refractivity contribution in [1.29, 1.82) is 5.26 Å². The number of nitrogens with one attached hydrogen (secondary N) is 2. The summed E-state index contributed by atoms with van der Waals surface area (Å²) < 4.78 is 5.94. The summed E-state index contributed by atoms with van der Waals surface area (Å²) in [5.74, 6) is 2.84. The predicted molar refractivity (Wildman–Crippen MR) is 97.6 cm³/mol. The van der Waals surface area contributed by atoms with Gasteiger partial charge in [-0.1, -0.05) is 12.1 Å². The van der Waals surface area contributed by atoms with Crippen molar-refractivity contribution in [3.63, 3.8) is 0 Å². The van der Waals surface area contributed by atoms with Crippen LogP contribution in [0, 0.1) is 36.0 Å². The number of benzene rings is 1. The highest BCUT2D eigenvalue weighted by atomic mass is 16.5. The van der Waals surface area contributed by atoms with Crippen LogP contribution in [-0.4, -0.2) is 34.6 Å². The number of piperidine rings is 1. The third-order valence-electron chi connectivity index (χ3n) is 5.70. The Hall–Kier alpha value is -2.91. The zero-order valence-corrected chi connectivity index (χ0v) is 14.5. The third kappa shape index (κ3) is 2.36. The molecule has 3 heterocycles. The van der Waals surface area contributed by atoms with E-state index in [0.717, 1.165) is 59.4 Å². The van der Waals surface area contributed by atoms with Crippen LogP contribution < -0.4 is 10.1 Å². The smallest absolute Gasteiger partial charge is 0.235 e. The number of aryl methyl sites for hydroxylation is 1. The van der Waals surface area contributed by atoms with Crippen LogP contribution in [0.5, 0.6) is 5.88 Å². The summed E-state index contributed by atoms with van der Waals surface area (Å²) in [7, 11) is 0. The largest absolute Gasteiger partial charge is 0.476 e. The molecule has 2 aromatic heterocycles. The van der Waals surface area contributed by atoms with Crippen molar-refractivity contribution in [2.24, 2.45) is 17.8 Å². The van der Waals surface area contributed by atoms with Gasteiger partial charge in [0.2, 0.25) is 5.88 Å². The number of para-hydroxylation sites is 1. The molecule has 0 bridgehead atoms. The molecule has 1 aliphatic carbocycles. The van der Waals surface area contributed by atoms with Crippen molar-refractivity contribution in [2.75, 3.05) is 19.7 Å². The summed E-state index contributed by atoms with van der Waals surface area (Å²) in [4.78, 5) is 12.4. The second-order valence-corrected chi connectivity index (χ2v) is 7.15. The van der Waals surface area contributed by atoms with Gasteiger partial charge in [0, 0.05) is 23.1 Å². The number of hydrogen-bond donors (Lipinski definition) is 2. The Balaban J connectivity index is 1.39. The Bertz CT molecular complexity index is 1020. The Morgan fingerprint density at radius 1 is 1.31 bits per heavy atom. The number of rotatable bonds is 4. The van der Waals surface area contributed by atoms with Crippen molar-refractivity contribution in [1.82, 2.24) is 20.3 Å². The van der Waals surface area contributed by atoms with Crippen LogP contribution in [0.1, 0.15) is 11.3 Å². The van der Waals surface area contributed by atoms with E-state index in [1.807, 2.05) is 25.3 Å². The molecule has 3 aromatic rings. The second kappa shape index (κ2) is 5.82. The summed E-state index contributed by atoms with van der Waals surface area (Å²) in [5, 5.41) is 13.6. The summed E-state index contributed by atoms with van der Waals surface area (Å²) in [6.07, 6.45) is 3.63. The van der Waals surface area contributed by atoms with Crippen LogP contribution in [-0.2, 0) is 0 Å². The molecule has 1 aliphatic heterocycles. The first kappa shape index (κ1) is 15.4. The van der Waals surface area contributed by atoms with Gasteiger partial charge in [0.05, 0.1) is 29.6 Å². The van der Waals surface area contributed by atoms with Crippen LogP contribution in [0.2, 0.25) is 0 Å². The van der Waals surface area contributed by atoms with Crippen LogP contribution >= 0.6 is 0 Å². The van der Waals surface area contributed by atoms with Crippen LogP contribution in [0.4, 0.5) is 0 Å². The highest BCUT2D eigenvalue weighted by molar-refractivity contribution is 5.97. The maximum atomic E-state index is 9.25. The molecule has 0 amide bonds. The van der Waals surface area contributed by atoms with E-state index < -0.39 is 0 Å². The molecule has 26 heavy (non-hydrogen) atoms. The van der Waals surface area contributed by atoms with Crippen molar-refractivity contribution >= 4 is 10.9 Å². The first-order chi connectivity index (χ1) is 12.8. The molecule has 1 saturated heterocycles. The Kier molecular flexibility index (Phi) is 3.44. The SMILES string of the molecule is Cc1nc(-c2c[nH]c3c(C#N)cccc23)cnc1OCC1C2CNCC21. The third-order valence-corrected chi connectivity index (χ3v) is 5.70. The first-order valence-corrected chi connectivity index (χ1v) is 8.94. The number of aromatic amines is 1. The van der Waals surface area contributed by atoms with Gasteiger partial charge in [0.15, 0.2) is 0 Å². The van der Waals surface area contributed by atoms with E-state index in [9.17, 15) is 5.26 Å². The quantitative estimate of drug-likeness (QED) is 0.759. The van der Waals surface area contributed by atoms with Crippen molar-refractivity contribution in [2.45, 2.75) is 6.92 Å². The molecule has 2 N–H and O–H groups in total. The number of nitrogens with zero attached hydrogens (tertiary/aromatic N) is 3. The average molecular weight is 345 g/mol. The first-order valence-electron chi connectivity index (χ1n) is 8.94. The Morgan fingerprint density at radius 3 is 2.92 bits per heavy atom. The Morgan fingerprint density at radius 2 is 2.15 bits per heavy atom. The average Bonchev–Trinajstić information content (AvgIpc) is 3.04. The monoisotopic (exact) mass is 345 g/mol. The minimum absolute atomic E-state index is 0.615. The van der Waals surface area contributed by atoms with Gasteiger partial charge in [-0.15, -0.1) is 0 Å². The number of aromatic nitrogens is 3. The fourth-order valence-electron chi connectivity index (χ4n) is 4.17. The minimum atomic E-state index is 0.615. The molecule has 1 saturated carbocycles. The number of nitriles is 1. The summed E-state index contributed by atoms with van der Waals surface area (Å²) >= 11 is 0. The van der Waals surface area contributed by atoms with E-state index in [1.165, 1.54) is 0 Å². The van der Waals surface area contributed by atoms with E-state index in [0.29, 0.717) is 17.4 Å². The van der Waals surface area contributed by atoms with E-state index in [2.05, 4.69) is 26.3 Å². The lowest BCUT2D eigenvalue weighted by molar-refractivity contribution is 0.267. The predicted octanol–water partition coefficient (Wildman–Crippen LogP) is 2.65. The van der Waals surface area contributed by atoms with Gasteiger partial charge in [0.1, 0.15) is 11.8 Å². The lowest BCUT2D eigenvalue weighted by atomic mass is 10.1. The summed E-state index contributed by atoms with van der Waals surface area (Å²) in [6, 6.07) is 7.89. The normalized spacial score (nSPS) is 23.6. The molecule has 2 aliphatic rings. The lowest BCUT2D eigenvalue weighted by Crippen LogP contribution is -2.18. The molecule has 5 rings (SSSR count). The zero-order valence-electron chi connectivity index (χ0n) is 14.5. The number of ether oxygens (including phenoxy) is 1. The highest BCUT2D eigenvalue weighted by Gasteiger charge is 2.53. The number of fused-ring (bicyclic) bond motifs is 2. The number of hydrogen-bond acceptors (Lipinski definition) is 5. The molecule has 2 unspecified atom stereocenters. The highest BCUT2D eigenvalue weighted by Crippen LogP contribution is 2.48. The maximum Gasteiger partial charge on any atom is 0.235 e. The Labute approximate surface area is 151 Å². The van der Waals surface area contributed by atoms with Gasteiger partial charge in [-0.05, 0) is 37.9 Å². The molecule has 0 radical (unpaired) electrons. The topological polar surface area (TPSA) is 86.6 Å². The van der Waals surface area contributed by atoms with E-state index in [4.69, 9.17) is 4.74 Å². The number of H-pyrrole nitrogens is 1. The van der Waals surface area contributed by atoms with Crippen LogP contribution in [0.25, 0.3) is 22.2 Å². The van der Waals surface area contributed by atoms with Crippen LogP contribution in [0.15, 0.2) is 30.6 Å². The maximum absolute atomic E-state index is 9.25. The molecule has 130 valence electrons. The second-order valence-electron chi connectivity index (χ2n) is 7.15. The van der Waals surface area contributed by atoms with E-state index in [1.54, 1.807) is 12.3 Å². The summed E-state index contributed by atoms with van der Waals surface area (Å²) in [6.45, 7) is 4.89. The van der Waals surface area contributed by atoms with Crippen molar-refractivity contribution in [3.05, 3.63) is 41.9 Å². The van der Waals surface area contributed by atoms with Crippen LogP contribution in [0.3, 0.4) is 0 Å². The fourth-order valence-corrected chi connectivity index (χ4v) is 4.17. The molecule has 2 atom stereocenters. The summed E-state index contributed by atoms with van der Waals surface area (Å²) in [5.41, 5.74) is 3.98. The fraction of sp³-hybridized carbons (Fsp3) is 0.350. The molecule has 0 spiro atoms. The van der Waals surface area contributed by atoms with E-state index >= 15 is 0 Å². The van der Waals surface area contributed by atoms with Crippen molar-refractivity contribution in [3.8, 4) is 23.2 Å². The minimum Gasteiger partial charge on any atom is -0.476 e. The standard InChI is InChI=1S/C20H19N5O/c1-11-20(26-10-17-14-6-22-7-15(14)17)24-9-18(25-11)16-8-23-19-12(5-21)3-2-4-13(16)19/h2-4,8-9,14-15,17,22-23H,6-7,10H2,1H3. The zero-order chi connectivity index (χ0) is 17.7. The lowest BCUT2D eigenvalue weighted by Gasteiger charge is -2.10. The molecule has 2 fully saturated rings. The molecular formula is C20H19N5O. The van der Waals surface area contributed by atoms with Gasteiger partial charge < -0.3 is 15.0 Å². The van der Waals surface area contributed by atoms with Gasteiger partial charge >= 0.3 is 0 Å². The molecule has 6 nitrogen and oxygen atoms in total. The van der Waals surface area contributed by atoms with Gasteiger partial charge in [-0.2, -0.15) is 5.26 Å². The molecule has 1 aromatic carbocycles. The van der Waals surface area contributed by atoms with Gasteiger partial charge in [0.25, 0.3) is 0 Å². The van der Waals surface area contributed by atoms with Gasteiger partial charge in [-0.3, -0.25) is 0 Å². The molecular weight excluding hydrogens is 326 g/mol. The van der Waals surface area contributed by atoms with Crippen molar-refractivity contribution < 1.29 is 4.74 Å². The van der Waals surface area contributed by atoms with Gasteiger partial charge in [-0.25, -0.2) is 9.97 Å².